The van der Waals surface area contributed by atoms with E-state index in [-0.39, 0.29) is 32.3 Å². The molecule has 0 unspecified atom stereocenters. The molecule has 0 amide bonds. The summed E-state index contributed by atoms with van der Waals surface area (Å²) < 4.78 is 30.4. The van der Waals surface area contributed by atoms with E-state index < -0.39 is 17.3 Å². The van der Waals surface area contributed by atoms with Crippen molar-refractivity contribution in [3.8, 4) is 0 Å². The minimum atomic E-state index is -2.70. The fourth-order valence-electron chi connectivity index (χ4n) is 1.79. The molecule has 0 spiro atoms. The normalized spacial score (nSPS) is 24.5. The molecule has 1 rings (SSSR count). The maximum atomic E-state index is 12.8. The van der Waals surface area contributed by atoms with Gasteiger partial charge in [-0.15, -0.1) is 0 Å². The summed E-state index contributed by atoms with van der Waals surface area (Å²) in [6, 6.07) is 0. The lowest BCUT2D eigenvalue weighted by Gasteiger charge is -2.35. The first-order valence-corrected chi connectivity index (χ1v) is 4.52. The van der Waals surface area contributed by atoms with Crippen molar-refractivity contribution in [2.45, 2.75) is 31.6 Å². The predicted octanol–water partition coefficient (Wildman–Crippen LogP) is 1.91. The summed E-state index contributed by atoms with van der Waals surface area (Å²) >= 11 is 0. The molecule has 0 radical (unpaired) electrons. The van der Waals surface area contributed by atoms with Crippen LogP contribution >= 0.6 is 0 Å². The molecule has 0 aliphatic heterocycles. The van der Waals surface area contributed by atoms with Crippen molar-refractivity contribution in [3.63, 3.8) is 0 Å². The number of alkyl halides is 2. The molecule has 0 atom stereocenters. The van der Waals surface area contributed by atoms with E-state index in [1.165, 1.54) is 7.11 Å². The predicted molar refractivity (Wildman–Crippen MR) is 45.4 cm³/mol. The number of ether oxygens (including phenoxy) is 1. The van der Waals surface area contributed by atoms with E-state index in [1.54, 1.807) is 0 Å². The van der Waals surface area contributed by atoms with E-state index in [2.05, 4.69) is 0 Å². The van der Waals surface area contributed by atoms with Crippen LogP contribution in [0, 0.1) is 5.41 Å². The molecule has 0 saturated heterocycles. The van der Waals surface area contributed by atoms with Gasteiger partial charge in [0.15, 0.2) is 0 Å². The maximum Gasteiger partial charge on any atom is 0.311 e. The van der Waals surface area contributed by atoms with Gasteiger partial charge in [-0.3, -0.25) is 4.79 Å². The van der Waals surface area contributed by atoms with Crippen LogP contribution < -0.4 is 0 Å². The van der Waals surface area contributed by atoms with Crippen LogP contribution in [-0.4, -0.2) is 30.7 Å². The zero-order chi connectivity index (χ0) is 10.8. The van der Waals surface area contributed by atoms with E-state index in [9.17, 15) is 13.6 Å². The topological polar surface area (TPSA) is 46.5 Å². The maximum absolute atomic E-state index is 12.8. The molecule has 5 heteroatoms. The van der Waals surface area contributed by atoms with E-state index >= 15 is 0 Å². The second kappa shape index (κ2) is 3.81. The molecule has 82 valence electrons. The number of carboxylic acids is 1. The molecule has 1 aliphatic rings. The number of hydrogen-bond donors (Lipinski definition) is 1. The Morgan fingerprint density at radius 3 is 2.21 bits per heavy atom. The highest BCUT2D eigenvalue weighted by atomic mass is 19.3. The van der Waals surface area contributed by atoms with Gasteiger partial charge in [-0.1, -0.05) is 0 Å². The zero-order valence-corrected chi connectivity index (χ0v) is 8.06. The van der Waals surface area contributed by atoms with Gasteiger partial charge in [0.1, 0.15) is 0 Å². The SMILES string of the molecule is COCC1(C(=O)O)CCC(F)(F)CC1. The monoisotopic (exact) mass is 208 g/mol. The summed E-state index contributed by atoms with van der Waals surface area (Å²) in [6.07, 6.45) is -0.738. The van der Waals surface area contributed by atoms with Gasteiger partial charge in [-0.2, -0.15) is 0 Å². The molecule has 1 saturated carbocycles. The molecule has 1 fully saturated rings. The van der Waals surface area contributed by atoms with E-state index in [1.807, 2.05) is 0 Å². The Morgan fingerprint density at radius 2 is 1.86 bits per heavy atom. The standard InChI is InChI=1S/C9H14F2O3/c1-14-6-8(7(12)13)2-4-9(10,11)5-3-8/h2-6H2,1H3,(H,12,13). The first-order valence-electron chi connectivity index (χ1n) is 4.52. The third-order valence-corrected chi connectivity index (χ3v) is 2.81. The fraction of sp³-hybridized carbons (Fsp3) is 0.889. The second-order valence-electron chi connectivity index (χ2n) is 3.87. The third kappa shape index (κ3) is 2.20. The van der Waals surface area contributed by atoms with Crippen molar-refractivity contribution in [2.24, 2.45) is 5.41 Å². The zero-order valence-electron chi connectivity index (χ0n) is 8.06. The highest BCUT2D eigenvalue weighted by molar-refractivity contribution is 5.75. The molecule has 1 aliphatic carbocycles. The number of methoxy groups -OCH3 is 1. The Balaban J connectivity index is 2.69. The van der Waals surface area contributed by atoms with Crippen molar-refractivity contribution in [1.82, 2.24) is 0 Å². The molecule has 1 N–H and O–H groups in total. The molecule has 0 aromatic carbocycles. The lowest BCUT2D eigenvalue weighted by Crippen LogP contribution is -2.42. The highest BCUT2D eigenvalue weighted by Crippen LogP contribution is 2.43. The average molecular weight is 208 g/mol. The fourth-order valence-corrected chi connectivity index (χ4v) is 1.79. The van der Waals surface area contributed by atoms with Crippen molar-refractivity contribution < 1.29 is 23.4 Å². The van der Waals surface area contributed by atoms with Gasteiger partial charge in [0.05, 0.1) is 12.0 Å². The molecule has 0 bridgehead atoms. The van der Waals surface area contributed by atoms with Crippen molar-refractivity contribution in [2.75, 3.05) is 13.7 Å². The van der Waals surface area contributed by atoms with Gasteiger partial charge in [0, 0.05) is 20.0 Å². The van der Waals surface area contributed by atoms with E-state index in [0.717, 1.165) is 0 Å². The van der Waals surface area contributed by atoms with Gasteiger partial charge in [0.25, 0.3) is 0 Å². The Bertz CT molecular complexity index is 218. The van der Waals surface area contributed by atoms with Crippen LogP contribution in [0.5, 0.6) is 0 Å². The minimum Gasteiger partial charge on any atom is -0.481 e. The second-order valence-corrected chi connectivity index (χ2v) is 3.87. The van der Waals surface area contributed by atoms with E-state index in [4.69, 9.17) is 9.84 Å². The summed E-state index contributed by atoms with van der Waals surface area (Å²) in [5.74, 6) is -3.73. The lowest BCUT2D eigenvalue weighted by molar-refractivity contribution is -0.161. The summed E-state index contributed by atoms with van der Waals surface area (Å²) in [5.41, 5.74) is -1.10. The van der Waals surface area contributed by atoms with Crippen LogP contribution in [-0.2, 0) is 9.53 Å². The van der Waals surface area contributed by atoms with Crippen molar-refractivity contribution >= 4 is 5.97 Å². The van der Waals surface area contributed by atoms with Crippen LogP contribution in [0.2, 0.25) is 0 Å². The van der Waals surface area contributed by atoms with Crippen molar-refractivity contribution in [1.29, 1.82) is 0 Å². The summed E-state index contributed by atoms with van der Waals surface area (Å²) in [5, 5.41) is 8.97. The van der Waals surface area contributed by atoms with Crippen LogP contribution in [0.4, 0.5) is 8.78 Å². The first-order chi connectivity index (χ1) is 6.42. The molecule has 0 heterocycles. The van der Waals surface area contributed by atoms with Crippen LogP contribution in [0.1, 0.15) is 25.7 Å². The van der Waals surface area contributed by atoms with Gasteiger partial charge in [-0.25, -0.2) is 8.78 Å². The smallest absolute Gasteiger partial charge is 0.311 e. The van der Waals surface area contributed by atoms with Crippen LogP contribution in [0.15, 0.2) is 0 Å². The largest absolute Gasteiger partial charge is 0.481 e. The number of aliphatic carboxylic acids is 1. The van der Waals surface area contributed by atoms with Gasteiger partial charge >= 0.3 is 5.97 Å². The molecular weight excluding hydrogens is 194 g/mol. The quantitative estimate of drug-likeness (QED) is 0.770. The Hall–Kier alpha value is -0.710. The number of halogens is 2. The lowest BCUT2D eigenvalue weighted by atomic mass is 9.73. The van der Waals surface area contributed by atoms with Gasteiger partial charge in [-0.05, 0) is 12.8 Å². The number of carbonyl (C=O) groups is 1. The summed E-state index contributed by atoms with van der Waals surface area (Å²) in [7, 11) is 1.39. The highest BCUT2D eigenvalue weighted by Gasteiger charge is 2.47. The molecule has 0 aromatic heterocycles. The van der Waals surface area contributed by atoms with Crippen LogP contribution in [0.25, 0.3) is 0 Å². The Kier molecular flexibility index (Phi) is 3.09. The van der Waals surface area contributed by atoms with Gasteiger partial charge < -0.3 is 9.84 Å². The first kappa shape index (κ1) is 11.4. The Morgan fingerprint density at radius 1 is 1.36 bits per heavy atom. The summed E-state index contributed by atoms with van der Waals surface area (Å²) in [4.78, 5) is 11.0. The summed E-state index contributed by atoms with van der Waals surface area (Å²) in [6.45, 7) is 0.0123. The van der Waals surface area contributed by atoms with Crippen molar-refractivity contribution in [3.05, 3.63) is 0 Å². The van der Waals surface area contributed by atoms with Crippen LogP contribution in [0.3, 0.4) is 0 Å². The number of rotatable bonds is 3. The minimum absolute atomic E-state index is 0.0107. The Labute approximate surface area is 81.1 Å². The van der Waals surface area contributed by atoms with Gasteiger partial charge in [0.2, 0.25) is 5.92 Å². The average Bonchev–Trinajstić information content (AvgIpc) is 2.09. The molecule has 0 aromatic rings. The number of hydrogen-bond acceptors (Lipinski definition) is 2. The third-order valence-electron chi connectivity index (χ3n) is 2.81. The van der Waals surface area contributed by atoms with E-state index in [0.29, 0.717) is 0 Å². The molecule has 14 heavy (non-hydrogen) atoms. The molecular formula is C9H14F2O3. The number of carboxylic acid groups (broad SMARTS) is 1. The molecule has 3 nitrogen and oxygen atoms in total.